The van der Waals surface area contributed by atoms with E-state index in [2.05, 4.69) is 15.5 Å². The number of azo groups is 1. The number of aryl methyl sites for hydroxylation is 1. The molecule has 0 heterocycles. The Kier molecular flexibility index (Phi) is 8.41. The lowest BCUT2D eigenvalue weighted by Crippen LogP contribution is -2.14. The van der Waals surface area contributed by atoms with Gasteiger partial charge in [-0.25, -0.2) is 0 Å². The van der Waals surface area contributed by atoms with Crippen LogP contribution in [0.3, 0.4) is 0 Å². The van der Waals surface area contributed by atoms with E-state index in [4.69, 9.17) is 27.9 Å². The number of hydrogen-bond acceptors (Lipinski definition) is 7. The molecule has 9 nitrogen and oxygen atoms in total. The van der Waals surface area contributed by atoms with Gasteiger partial charge in [0.15, 0.2) is 5.75 Å². The van der Waals surface area contributed by atoms with Gasteiger partial charge < -0.3 is 15.2 Å². The minimum absolute atomic E-state index is 0.0643. The molecule has 0 unspecified atom stereocenters. The number of phenols is 1. The fourth-order valence-corrected chi connectivity index (χ4v) is 5.14. The molecule has 3 N–H and O–H groups in total. The lowest BCUT2D eigenvalue weighted by Gasteiger charge is -2.15. The van der Waals surface area contributed by atoms with Crippen molar-refractivity contribution in [2.24, 2.45) is 10.2 Å². The zero-order valence-corrected chi connectivity index (χ0v) is 23.1. The molecule has 0 spiro atoms. The number of hydrogen-bond donors (Lipinski definition) is 3. The third kappa shape index (κ3) is 5.99. The molecule has 4 rings (SSSR count). The van der Waals surface area contributed by atoms with Crippen LogP contribution in [0.2, 0.25) is 10.0 Å². The number of carbonyl (C=O) groups is 1. The van der Waals surface area contributed by atoms with Crippen LogP contribution in [-0.2, 0) is 16.5 Å². The summed E-state index contributed by atoms with van der Waals surface area (Å²) in [5, 5.41) is 23.1. The number of para-hydroxylation sites is 1. The molecule has 12 heteroatoms. The number of phenolic OH excluding ortho intramolecular Hbond substituents is 1. The number of halogens is 2. The lowest BCUT2D eigenvalue weighted by molar-refractivity contribution is 0.102. The van der Waals surface area contributed by atoms with Gasteiger partial charge in [0.2, 0.25) is 0 Å². The van der Waals surface area contributed by atoms with Crippen molar-refractivity contribution in [2.45, 2.75) is 25.2 Å². The molecular weight excluding hydrogens is 565 g/mol. The van der Waals surface area contributed by atoms with Crippen LogP contribution in [0.4, 0.5) is 17.1 Å². The number of benzene rings is 4. The number of rotatable bonds is 8. The van der Waals surface area contributed by atoms with Gasteiger partial charge in [0.25, 0.3) is 16.0 Å². The Hall–Kier alpha value is -3.70. The Balaban J connectivity index is 1.85. The largest absolute Gasteiger partial charge is 0.505 e. The Bertz CT molecular complexity index is 1720. The van der Waals surface area contributed by atoms with Crippen LogP contribution in [0, 0.1) is 0 Å². The Labute approximate surface area is 234 Å². The maximum atomic E-state index is 13.3. The second-order valence-electron chi connectivity index (χ2n) is 8.30. The zero-order valence-electron chi connectivity index (χ0n) is 20.8. The van der Waals surface area contributed by atoms with Gasteiger partial charge >= 0.3 is 0 Å². The average Bonchev–Trinajstić information content (AvgIpc) is 2.89. The highest BCUT2D eigenvalue weighted by Crippen LogP contribution is 2.42. The normalized spacial score (nSPS) is 11.7. The highest BCUT2D eigenvalue weighted by molar-refractivity contribution is 7.86. The molecule has 0 aliphatic heterocycles. The smallest absolute Gasteiger partial charge is 0.296 e. The Morgan fingerprint density at radius 1 is 0.974 bits per heavy atom. The minimum Gasteiger partial charge on any atom is -0.505 e. The van der Waals surface area contributed by atoms with E-state index in [0.29, 0.717) is 35.1 Å². The maximum Gasteiger partial charge on any atom is 0.296 e. The second-order valence-corrected chi connectivity index (χ2v) is 10.5. The first-order valence-electron chi connectivity index (χ1n) is 11.7. The summed E-state index contributed by atoms with van der Waals surface area (Å²) in [6.45, 7) is 3.91. The molecule has 1 amide bonds. The van der Waals surface area contributed by atoms with Crippen LogP contribution >= 0.6 is 23.2 Å². The number of nitrogens with zero attached hydrogens (tertiary/aromatic N) is 2. The third-order valence-electron chi connectivity index (χ3n) is 5.78. The molecule has 0 saturated carbocycles. The number of aromatic hydroxyl groups is 1. The maximum absolute atomic E-state index is 13.3. The van der Waals surface area contributed by atoms with Crippen LogP contribution in [0.15, 0.2) is 75.8 Å². The zero-order chi connectivity index (χ0) is 28.3. The fourth-order valence-electron chi connectivity index (χ4n) is 3.90. The summed E-state index contributed by atoms with van der Waals surface area (Å²) in [6, 6.07) is 15.9. The summed E-state index contributed by atoms with van der Waals surface area (Å²) in [4.78, 5) is 12.8. The van der Waals surface area contributed by atoms with Crippen molar-refractivity contribution in [3.8, 4) is 11.5 Å². The quantitative estimate of drug-likeness (QED) is 0.142. The van der Waals surface area contributed by atoms with E-state index in [1.165, 1.54) is 18.2 Å². The van der Waals surface area contributed by atoms with E-state index in [9.17, 15) is 22.9 Å². The highest BCUT2D eigenvalue weighted by Gasteiger charge is 2.23. The fraction of sp³-hybridized carbons (Fsp3) is 0.148. The number of carbonyl (C=O) groups excluding carboxylic acids is 1. The molecule has 0 aliphatic rings. The Morgan fingerprint density at radius 3 is 2.38 bits per heavy atom. The van der Waals surface area contributed by atoms with Crippen LogP contribution in [0.25, 0.3) is 10.8 Å². The number of amides is 1. The van der Waals surface area contributed by atoms with Crippen molar-refractivity contribution >= 4 is 67.1 Å². The van der Waals surface area contributed by atoms with E-state index < -0.39 is 26.7 Å². The summed E-state index contributed by atoms with van der Waals surface area (Å²) in [6.07, 6.45) is 0.457. The van der Waals surface area contributed by atoms with Gasteiger partial charge in [-0.2, -0.15) is 8.42 Å². The molecule has 4 aromatic rings. The van der Waals surface area contributed by atoms with Crippen molar-refractivity contribution in [3.63, 3.8) is 0 Å². The third-order valence-corrected chi connectivity index (χ3v) is 7.25. The summed E-state index contributed by atoms with van der Waals surface area (Å²) < 4.78 is 39.4. The SMILES string of the molecule is CCOc1cccc(Cl)c1NC(=O)c1cc2ccccc2c(N=Nc2c(Cl)cc(CC)cc2S(=O)(=O)O)c1O. The first-order chi connectivity index (χ1) is 18.5. The molecular formula is C27H23Cl2N3O6S. The van der Waals surface area contributed by atoms with Crippen LogP contribution in [-0.4, -0.2) is 30.6 Å². The molecule has 4 aromatic carbocycles. The van der Waals surface area contributed by atoms with Gasteiger partial charge in [0.05, 0.1) is 22.2 Å². The number of fused-ring (bicyclic) bond motifs is 1. The van der Waals surface area contributed by atoms with E-state index in [1.54, 1.807) is 56.3 Å². The predicted octanol–water partition coefficient (Wildman–Crippen LogP) is 7.73. The lowest BCUT2D eigenvalue weighted by atomic mass is 10.0. The molecule has 202 valence electrons. The van der Waals surface area contributed by atoms with Crippen LogP contribution in [0.1, 0.15) is 29.8 Å². The van der Waals surface area contributed by atoms with Crippen molar-refractivity contribution < 1.29 is 27.6 Å². The molecule has 0 saturated heterocycles. The van der Waals surface area contributed by atoms with E-state index in [0.717, 1.165) is 0 Å². The van der Waals surface area contributed by atoms with E-state index in [1.807, 2.05) is 0 Å². The van der Waals surface area contributed by atoms with E-state index >= 15 is 0 Å². The van der Waals surface area contributed by atoms with Crippen molar-refractivity contribution in [1.82, 2.24) is 0 Å². The van der Waals surface area contributed by atoms with Crippen molar-refractivity contribution in [2.75, 3.05) is 11.9 Å². The molecule has 0 fully saturated rings. The van der Waals surface area contributed by atoms with Gasteiger partial charge in [-0.3, -0.25) is 9.35 Å². The van der Waals surface area contributed by atoms with Gasteiger partial charge in [0.1, 0.15) is 27.7 Å². The van der Waals surface area contributed by atoms with Crippen molar-refractivity contribution in [3.05, 3.63) is 81.8 Å². The van der Waals surface area contributed by atoms with E-state index in [-0.39, 0.29) is 32.7 Å². The minimum atomic E-state index is -4.70. The van der Waals surface area contributed by atoms with Gasteiger partial charge in [-0.1, -0.05) is 60.5 Å². The second kappa shape index (κ2) is 11.6. The predicted molar refractivity (Wildman–Crippen MR) is 151 cm³/mol. The molecule has 0 aliphatic carbocycles. The molecule has 0 aromatic heterocycles. The summed E-state index contributed by atoms with van der Waals surface area (Å²) >= 11 is 12.6. The van der Waals surface area contributed by atoms with Gasteiger partial charge in [-0.05, 0) is 54.6 Å². The van der Waals surface area contributed by atoms with Crippen molar-refractivity contribution in [1.29, 1.82) is 0 Å². The molecule has 0 radical (unpaired) electrons. The number of ether oxygens (including phenoxy) is 1. The van der Waals surface area contributed by atoms with Gasteiger partial charge in [-0.15, -0.1) is 10.2 Å². The monoisotopic (exact) mass is 587 g/mol. The van der Waals surface area contributed by atoms with Gasteiger partial charge in [0, 0.05) is 5.39 Å². The van der Waals surface area contributed by atoms with Crippen LogP contribution in [0.5, 0.6) is 11.5 Å². The van der Waals surface area contributed by atoms with Crippen LogP contribution < -0.4 is 10.1 Å². The first-order valence-corrected chi connectivity index (χ1v) is 13.9. The number of nitrogens with one attached hydrogen (secondary N) is 1. The number of anilines is 1. The summed E-state index contributed by atoms with van der Waals surface area (Å²) in [5.74, 6) is -0.871. The Morgan fingerprint density at radius 2 is 1.69 bits per heavy atom. The summed E-state index contributed by atoms with van der Waals surface area (Å²) in [5.41, 5.74) is 0.214. The average molecular weight is 588 g/mol. The molecule has 0 atom stereocenters. The molecule has 39 heavy (non-hydrogen) atoms. The first kappa shape index (κ1) is 28.3. The standard InChI is InChI=1S/C27H23Cl2N3O6S/c1-3-15-12-20(29)25(22(13-15)39(35,36)37)32-31-23-17-9-6-5-8-16(17)14-18(26(23)33)27(34)30-24-19(28)10-7-11-21(24)38-4-2/h5-14,33H,3-4H2,1-2H3,(H,30,34)(H,35,36,37). The highest BCUT2D eigenvalue weighted by atomic mass is 35.5. The molecule has 0 bridgehead atoms. The topological polar surface area (TPSA) is 138 Å². The summed E-state index contributed by atoms with van der Waals surface area (Å²) in [7, 11) is -4.70.